The second-order valence-corrected chi connectivity index (χ2v) is 7.11. The van der Waals surface area contributed by atoms with Gasteiger partial charge in [-0.1, -0.05) is 12.1 Å². The number of ether oxygens (including phenoxy) is 2. The monoisotopic (exact) mass is 436 g/mol. The van der Waals surface area contributed by atoms with Gasteiger partial charge in [-0.3, -0.25) is 9.59 Å². The average molecular weight is 436 g/mol. The Labute approximate surface area is 178 Å². The van der Waals surface area contributed by atoms with E-state index in [0.717, 1.165) is 12.1 Å². The molecule has 3 rings (SSSR count). The highest BCUT2D eigenvalue weighted by Crippen LogP contribution is 2.29. The van der Waals surface area contributed by atoms with Crippen LogP contribution in [-0.2, 0) is 17.4 Å². The maximum atomic E-state index is 12.8. The molecule has 9 heteroatoms. The summed E-state index contributed by atoms with van der Waals surface area (Å²) in [6, 6.07) is 9.52. The molecular formula is C22H23F3N2O4. The minimum Gasteiger partial charge on any atom is -0.493 e. The van der Waals surface area contributed by atoms with E-state index in [1.165, 1.54) is 26.4 Å². The van der Waals surface area contributed by atoms with E-state index in [0.29, 0.717) is 48.8 Å². The zero-order valence-electron chi connectivity index (χ0n) is 17.2. The SMILES string of the molecule is COc1ccc(C(=O)N2CCN(C(=O)Cc3ccc(C(F)(F)F)cc3)CC2)cc1OC. The molecule has 0 atom stereocenters. The summed E-state index contributed by atoms with van der Waals surface area (Å²) in [4.78, 5) is 28.6. The summed E-state index contributed by atoms with van der Waals surface area (Å²) in [6.45, 7) is 1.45. The van der Waals surface area contributed by atoms with Gasteiger partial charge in [-0.15, -0.1) is 0 Å². The fourth-order valence-corrected chi connectivity index (χ4v) is 3.41. The molecule has 0 radical (unpaired) electrons. The van der Waals surface area contributed by atoms with Gasteiger partial charge in [0.25, 0.3) is 5.91 Å². The molecule has 0 aromatic heterocycles. The predicted molar refractivity (Wildman–Crippen MR) is 107 cm³/mol. The Morgan fingerprint density at radius 3 is 2.00 bits per heavy atom. The largest absolute Gasteiger partial charge is 0.493 e. The van der Waals surface area contributed by atoms with Crippen molar-refractivity contribution in [1.29, 1.82) is 0 Å². The molecule has 0 bridgehead atoms. The quantitative estimate of drug-likeness (QED) is 0.722. The lowest BCUT2D eigenvalue weighted by atomic mass is 10.1. The number of piperazine rings is 1. The first kappa shape index (κ1) is 22.5. The van der Waals surface area contributed by atoms with Crippen LogP contribution in [-0.4, -0.2) is 62.0 Å². The summed E-state index contributed by atoms with van der Waals surface area (Å²) in [5.41, 5.74) is 0.231. The molecule has 31 heavy (non-hydrogen) atoms. The molecule has 1 heterocycles. The lowest BCUT2D eigenvalue weighted by Crippen LogP contribution is -2.51. The summed E-state index contributed by atoms with van der Waals surface area (Å²) < 4.78 is 48.4. The predicted octanol–water partition coefficient (Wildman–Crippen LogP) is 3.25. The molecule has 0 spiro atoms. The van der Waals surface area contributed by atoms with Gasteiger partial charge < -0.3 is 19.3 Å². The molecule has 6 nitrogen and oxygen atoms in total. The second-order valence-electron chi connectivity index (χ2n) is 7.11. The maximum absolute atomic E-state index is 12.8. The number of hydrogen-bond acceptors (Lipinski definition) is 4. The zero-order valence-corrected chi connectivity index (χ0v) is 17.2. The van der Waals surface area contributed by atoms with Crippen LogP contribution in [0.3, 0.4) is 0 Å². The van der Waals surface area contributed by atoms with Crippen LogP contribution in [0.5, 0.6) is 11.5 Å². The smallest absolute Gasteiger partial charge is 0.416 e. The van der Waals surface area contributed by atoms with Gasteiger partial charge in [-0.05, 0) is 35.9 Å². The molecule has 0 N–H and O–H groups in total. The van der Waals surface area contributed by atoms with Gasteiger partial charge in [0.15, 0.2) is 11.5 Å². The molecule has 166 valence electrons. The van der Waals surface area contributed by atoms with E-state index in [2.05, 4.69) is 0 Å². The average Bonchev–Trinajstić information content (AvgIpc) is 2.78. The first-order valence-corrected chi connectivity index (χ1v) is 9.68. The van der Waals surface area contributed by atoms with E-state index < -0.39 is 11.7 Å². The summed E-state index contributed by atoms with van der Waals surface area (Å²) >= 11 is 0. The third kappa shape index (κ3) is 5.28. The molecule has 1 fully saturated rings. The first-order chi connectivity index (χ1) is 14.7. The van der Waals surface area contributed by atoms with Gasteiger partial charge in [0.2, 0.25) is 5.91 Å². The van der Waals surface area contributed by atoms with Crippen molar-refractivity contribution in [2.45, 2.75) is 12.6 Å². The lowest BCUT2D eigenvalue weighted by Gasteiger charge is -2.35. The Bertz CT molecular complexity index is 937. The van der Waals surface area contributed by atoms with Crippen molar-refractivity contribution in [2.24, 2.45) is 0 Å². The van der Waals surface area contributed by atoms with Crippen LogP contribution < -0.4 is 9.47 Å². The Kier molecular flexibility index (Phi) is 6.72. The van der Waals surface area contributed by atoms with E-state index >= 15 is 0 Å². The Morgan fingerprint density at radius 2 is 1.45 bits per heavy atom. The van der Waals surface area contributed by atoms with Gasteiger partial charge in [0.05, 0.1) is 26.2 Å². The van der Waals surface area contributed by atoms with Crippen molar-refractivity contribution in [1.82, 2.24) is 9.80 Å². The number of halogens is 3. The van der Waals surface area contributed by atoms with Crippen LogP contribution in [0.2, 0.25) is 0 Å². The number of alkyl halides is 3. The molecule has 0 unspecified atom stereocenters. The molecule has 2 aromatic rings. The third-order valence-corrected chi connectivity index (χ3v) is 5.19. The van der Waals surface area contributed by atoms with Gasteiger partial charge in [0.1, 0.15) is 0 Å². The van der Waals surface area contributed by atoms with Crippen LogP contribution in [0, 0.1) is 0 Å². The van der Waals surface area contributed by atoms with Crippen molar-refractivity contribution in [3.05, 3.63) is 59.2 Å². The van der Waals surface area contributed by atoms with Crippen LogP contribution in [0.25, 0.3) is 0 Å². The van der Waals surface area contributed by atoms with E-state index in [1.807, 2.05) is 0 Å². The van der Waals surface area contributed by atoms with Crippen LogP contribution in [0.1, 0.15) is 21.5 Å². The lowest BCUT2D eigenvalue weighted by molar-refractivity contribution is -0.137. The van der Waals surface area contributed by atoms with Gasteiger partial charge in [0, 0.05) is 31.7 Å². The minimum atomic E-state index is -4.40. The van der Waals surface area contributed by atoms with Crippen LogP contribution in [0.15, 0.2) is 42.5 Å². The standard InChI is InChI=1S/C22H23F3N2O4/c1-30-18-8-5-16(14-19(18)31-2)21(29)27-11-9-26(10-12-27)20(28)13-15-3-6-17(7-4-15)22(23,24)25/h3-8,14H,9-13H2,1-2H3. The van der Waals surface area contributed by atoms with Gasteiger partial charge in [-0.25, -0.2) is 0 Å². The number of benzene rings is 2. The van der Waals surface area contributed by atoms with Gasteiger partial charge in [-0.2, -0.15) is 13.2 Å². The second kappa shape index (κ2) is 9.28. The van der Waals surface area contributed by atoms with E-state index in [9.17, 15) is 22.8 Å². The highest BCUT2D eigenvalue weighted by atomic mass is 19.4. The molecular weight excluding hydrogens is 413 g/mol. The number of hydrogen-bond donors (Lipinski definition) is 0. The number of carbonyl (C=O) groups is 2. The number of amides is 2. The summed E-state index contributed by atoms with van der Waals surface area (Å²) in [7, 11) is 3.01. The molecule has 2 amide bonds. The fourth-order valence-electron chi connectivity index (χ4n) is 3.41. The van der Waals surface area contributed by atoms with Crippen molar-refractivity contribution in [3.63, 3.8) is 0 Å². The molecule has 1 saturated heterocycles. The third-order valence-electron chi connectivity index (χ3n) is 5.19. The Balaban J connectivity index is 1.56. The Morgan fingerprint density at radius 1 is 0.871 bits per heavy atom. The number of methoxy groups -OCH3 is 2. The number of nitrogens with zero attached hydrogens (tertiary/aromatic N) is 2. The highest BCUT2D eigenvalue weighted by molar-refractivity contribution is 5.95. The van der Waals surface area contributed by atoms with Gasteiger partial charge >= 0.3 is 6.18 Å². The van der Waals surface area contributed by atoms with E-state index in [1.54, 1.807) is 28.0 Å². The maximum Gasteiger partial charge on any atom is 0.416 e. The number of carbonyl (C=O) groups excluding carboxylic acids is 2. The Hall–Kier alpha value is -3.23. The van der Waals surface area contributed by atoms with Crippen molar-refractivity contribution >= 4 is 11.8 Å². The van der Waals surface area contributed by atoms with Crippen LogP contribution >= 0.6 is 0 Å². The van der Waals surface area contributed by atoms with E-state index in [4.69, 9.17) is 9.47 Å². The zero-order chi connectivity index (χ0) is 22.6. The summed E-state index contributed by atoms with van der Waals surface area (Å²) in [6.07, 6.45) is -4.39. The summed E-state index contributed by atoms with van der Waals surface area (Å²) in [5, 5.41) is 0. The van der Waals surface area contributed by atoms with Crippen molar-refractivity contribution in [2.75, 3.05) is 40.4 Å². The molecule has 1 aliphatic rings. The molecule has 0 aliphatic carbocycles. The first-order valence-electron chi connectivity index (χ1n) is 9.68. The molecule has 0 saturated carbocycles. The van der Waals surface area contributed by atoms with Crippen molar-refractivity contribution in [3.8, 4) is 11.5 Å². The molecule has 1 aliphatic heterocycles. The normalized spacial score (nSPS) is 14.4. The molecule has 2 aromatic carbocycles. The minimum absolute atomic E-state index is 0.0156. The topological polar surface area (TPSA) is 59.1 Å². The fraction of sp³-hybridized carbons (Fsp3) is 0.364. The van der Waals surface area contributed by atoms with Crippen molar-refractivity contribution < 1.29 is 32.2 Å². The van der Waals surface area contributed by atoms with E-state index in [-0.39, 0.29) is 18.2 Å². The highest BCUT2D eigenvalue weighted by Gasteiger charge is 2.30. The number of rotatable bonds is 5. The van der Waals surface area contributed by atoms with Crippen LogP contribution in [0.4, 0.5) is 13.2 Å². The summed E-state index contributed by atoms with van der Waals surface area (Å²) in [5.74, 6) is 0.630.